The zero-order valence-electron chi connectivity index (χ0n) is 10.9. The molecule has 1 aromatic heterocycles. The van der Waals surface area contributed by atoms with E-state index in [4.69, 9.17) is 10.5 Å². The van der Waals surface area contributed by atoms with Crippen molar-refractivity contribution < 1.29 is 4.74 Å². The molecule has 0 saturated carbocycles. The maximum Gasteiger partial charge on any atom is 0.128 e. The highest BCUT2D eigenvalue weighted by atomic mass is 16.5. The van der Waals surface area contributed by atoms with E-state index in [1.165, 1.54) is 0 Å². The number of ether oxygens (including phenoxy) is 1. The van der Waals surface area contributed by atoms with Crippen LogP contribution in [0.2, 0.25) is 0 Å². The topological polar surface area (TPSA) is 61.0 Å². The van der Waals surface area contributed by atoms with Crippen LogP contribution < -0.4 is 10.5 Å². The van der Waals surface area contributed by atoms with E-state index in [1.807, 2.05) is 39.0 Å². The van der Waals surface area contributed by atoms with Gasteiger partial charge in [0.25, 0.3) is 0 Å². The van der Waals surface area contributed by atoms with Gasteiger partial charge in [-0.05, 0) is 44.5 Å². The van der Waals surface area contributed by atoms with Gasteiger partial charge in [0.05, 0.1) is 12.3 Å². The van der Waals surface area contributed by atoms with E-state index in [0.717, 1.165) is 22.6 Å². The second-order valence-electron chi connectivity index (χ2n) is 4.14. The summed E-state index contributed by atoms with van der Waals surface area (Å²) >= 11 is 0. The Bertz CT molecular complexity index is 547. The van der Waals surface area contributed by atoms with Crippen molar-refractivity contribution in [3.05, 3.63) is 35.7 Å². The standard InChI is InChI=1S/C14H17N3O/c1-4-18-13-6-5-11(7-9(13)2)12-8-14(15)17-10(3)16-12/h5-8H,4H2,1-3H3,(H2,15,16,17). The largest absolute Gasteiger partial charge is 0.494 e. The first kappa shape index (κ1) is 12.4. The Hall–Kier alpha value is -2.10. The smallest absolute Gasteiger partial charge is 0.128 e. The first-order chi connectivity index (χ1) is 8.60. The van der Waals surface area contributed by atoms with Crippen LogP contribution in [-0.4, -0.2) is 16.6 Å². The Balaban J connectivity index is 2.42. The highest BCUT2D eigenvalue weighted by Crippen LogP contribution is 2.25. The molecule has 0 atom stereocenters. The zero-order valence-corrected chi connectivity index (χ0v) is 10.9. The summed E-state index contributed by atoms with van der Waals surface area (Å²) in [5.74, 6) is 2.07. The van der Waals surface area contributed by atoms with E-state index in [1.54, 1.807) is 6.07 Å². The first-order valence-corrected chi connectivity index (χ1v) is 5.95. The van der Waals surface area contributed by atoms with Crippen LogP contribution in [0.1, 0.15) is 18.3 Å². The van der Waals surface area contributed by atoms with Crippen LogP contribution in [0.25, 0.3) is 11.3 Å². The summed E-state index contributed by atoms with van der Waals surface area (Å²) in [7, 11) is 0. The first-order valence-electron chi connectivity index (χ1n) is 5.95. The molecule has 18 heavy (non-hydrogen) atoms. The molecule has 0 bridgehead atoms. The van der Waals surface area contributed by atoms with Crippen LogP contribution >= 0.6 is 0 Å². The van der Waals surface area contributed by atoms with E-state index in [9.17, 15) is 0 Å². The summed E-state index contributed by atoms with van der Waals surface area (Å²) < 4.78 is 5.52. The fraction of sp³-hybridized carbons (Fsp3) is 0.286. The van der Waals surface area contributed by atoms with Crippen LogP contribution in [0.3, 0.4) is 0 Å². The monoisotopic (exact) mass is 243 g/mol. The molecule has 0 aliphatic heterocycles. The van der Waals surface area contributed by atoms with Gasteiger partial charge in [0.15, 0.2) is 0 Å². The van der Waals surface area contributed by atoms with E-state index in [0.29, 0.717) is 18.2 Å². The number of rotatable bonds is 3. The molecule has 4 nitrogen and oxygen atoms in total. The minimum absolute atomic E-state index is 0.490. The molecule has 0 unspecified atom stereocenters. The van der Waals surface area contributed by atoms with Gasteiger partial charge in [-0.15, -0.1) is 0 Å². The van der Waals surface area contributed by atoms with Gasteiger partial charge in [-0.2, -0.15) is 0 Å². The van der Waals surface area contributed by atoms with Gasteiger partial charge >= 0.3 is 0 Å². The number of nitrogens with two attached hydrogens (primary N) is 1. The molecule has 1 aromatic carbocycles. The lowest BCUT2D eigenvalue weighted by Crippen LogP contribution is -1.98. The molecule has 94 valence electrons. The third-order valence-electron chi connectivity index (χ3n) is 2.63. The predicted octanol–water partition coefficient (Wildman–Crippen LogP) is 2.74. The predicted molar refractivity (Wildman–Crippen MR) is 72.5 cm³/mol. The molecular weight excluding hydrogens is 226 g/mol. The number of aromatic nitrogens is 2. The highest BCUT2D eigenvalue weighted by molar-refractivity contribution is 5.64. The van der Waals surface area contributed by atoms with Crippen molar-refractivity contribution >= 4 is 5.82 Å². The van der Waals surface area contributed by atoms with Crippen molar-refractivity contribution in [3.63, 3.8) is 0 Å². The average molecular weight is 243 g/mol. The van der Waals surface area contributed by atoms with Gasteiger partial charge in [0.2, 0.25) is 0 Å². The van der Waals surface area contributed by atoms with E-state index in [2.05, 4.69) is 9.97 Å². The molecular formula is C14H17N3O. The summed E-state index contributed by atoms with van der Waals surface area (Å²) in [6.45, 7) is 6.49. The lowest BCUT2D eigenvalue weighted by Gasteiger charge is -2.09. The number of anilines is 1. The van der Waals surface area contributed by atoms with Crippen molar-refractivity contribution in [3.8, 4) is 17.0 Å². The minimum atomic E-state index is 0.490. The van der Waals surface area contributed by atoms with E-state index < -0.39 is 0 Å². The minimum Gasteiger partial charge on any atom is -0.494 e. The fourth-order valence-corrected chi connectivity index (χ4v) is 1.86. The Morgan fingerprint density at radius 2 is 1.94 bits per heavy atom. The lowest BCUT2D eigenvalue weighted by molar-refractivity contribution is 0.338. The number of benzene rings is 1. The van der Waals surface area contributed by atoms with Crippen molar-refractivity contribution in [2.24, 2.45) is 0 Å². The summed E-state index contributed by atoms with van der Waals surface area (Å²) in [6.07, 6.45) is 0. The molecule has 0 aliphatic rings. The summed E-state index contributed by atoms with van der Waals surface area (Å²) in [5.41, 5.74) is 8.68. The third kappa shape index (κ3) is 2.59. The molecule has 2 rings (SSSR count). The Morgan fingerprint density at radius 3 is 2.56 bits per heavy atom. The molecule has 0 amide bonds. The van der Waals surface area contributed by atoms with Crippen molar-refractivity contribution in [1.82, 2.24) is 9.97 Å². The van der Waals surface area contributed by atoms with Crippen molar-refractivity contribution in [1.29, 1.82) is 0 Å². The SMILES string of the molecule is CCOc1ccc(-c2cc(N)nc(C)n2)cc1C. The number of hydrogen-bond donors (Lipinski definition) is 1. The van der Waals surface area contributed by atoms with Crippen LogP contribution in [0, 0.1) is 13.8 Å². The normalized spacial score (nSPS) is 10.4. The van der Waals surface area contributed by atoms with Gasteiger partial charge in [0.1, 0.15) is 17.4 Å². The lowest BCUT2D eigenvalue weighted by atomic mass is 10.1. The molecule has 1 heterocycles. The second-order valence-corrected chi connectivity index (χ2v) is 4.14. The maximum atomic E-state index is 5.74. The second kappa shape index (κ2) is 5.04. The van der Waals surface area contributed by atoms with Crippen LogP contribution in [0.15, 0.2) is 24.3 Å². The number of nitrogens with zero attached hydrogens (tertiary/aromatic N) is 2. The van der Waals surface area contributed by atoms with Gasteiger partial charge < -0.3 is 10.5 Å². The number of hydrogen-bond acceptors (Lipinski definition) is 4. The van der Waals surface area contributed by atoms with E-state index >= 15 is 0 Å². The Labute approximate surface area is 107 Å². The van der Waals surface area contributed by atoms with Gasteiger partial charge in [-0.25, -0.2) is 9.97 Å². The van der Waals surface area contributed by atoms with E-state index in [-0.39, 0.29) is 0 Å². The van der Waals surface area contributed by atoms with Gasteiger partial charge in [-0.3, -0.25) is 0 Å². The van der Waals surface area contributed by atoms with Gasteiger partial charge in [0, 0.05) is 11.6 Å². The highest BCUT2D eigenvalue weighted by Gasteiger charge is 2.06. The Morgan fingerprint density at radius 1 is 1.17 bits per heavy atom. The molecule has 0 saturated heterocycles. The molecule has 0 fully saturated rings. The Kier molecular flexibility index (Phi) is 3.46. The average Bonchev–Trinajstić information content (AvgIpc) is 2.30. The quantitative estimate of drug-likeness (QED) is 0.900. The molecule has 2 N–H and O–H groups in total. The van der Waals surface area contributed by atoms with Crippen LogP contribution in [-0.2, 0) is 0 Å². The molecule has 4 heteroatoms. The zero-order chi connectivity index (χ0) is 13.1. The molecule has 2 aromatic rings. The molecule has 0 radical (unpaired) electrons. The van der Waals surface area contributed by atoms with Crippen molar-refractivity contribution in [2.75, 3.05) is 12.3 Å². The van der Waals surface area contributed by atoms with Crippen molar-refractivity contribution in [2.45, 2.75) is 20.8 Å². The third-order valence-corrected chi connectivity index (χ3v) is 2.63. The molecule has 0 aliphatic carbocycles. The summed E-state index contributed by atoms with van der Waals surface area (Å²) in [5, 5.41) is 0. The van der Waals surface area contributed by atoms with Crippen LogP contribution in [0.4, 0.5) is 5.82 Å². The summed E-state index contributed by atoms with van der Waals surface area (Å²) in [4.78, 5) is 8.46. The van der Waals surface area contributed by atoms with Crippen LogP contribution in [0.5, 0.6) is 5.75 Å². The van der Waals surface area contributed by atoms with Gasteiger partial charge in [-0.1, -0.05) is 0 Å². The number of aryl methyl sites for hydroxylation is 2. The summed E-state index contributed by atoms with van der Waals surface area (Å²) in [6, 6.07) is 7.77. The molecule has 0 spiro atoms. The fourth-order valence-electron chi connectivity index (χ4n) is 1.86. The number of nitrogen functional groups attached to an aromatic ring is 1. The maximum absolute atomic E-state index is 5.74.